The van der Waals surface area contributed by atoms with Crippen LogP contribution < -0.4 is 10.6 Å². The third kappa shape index (κ3) is 2.64. The second-order valence-corrected chi connectivity index (χ2v) is 4.87. The van der Waals surface area contributed by atoms with E-state index in [1.54, 1.807) is 14.0 Å². The molecule has 0 spiro atoms. The molecule has 1 aliphatic carbocycles. The summed E-state index contributed by atoms with van der Waals surface area (Å²) < 4.78 is 0. The van der Waals surface area contributed by atoms with Crippen LogP contribution in [0.25, 0.3) is 0 Å². The van der Waals surface area contributed by atoms with Gasteiger partial charge in [0, 0.05) is 6.04 Å². The standard InChI is InChI=1S/C10H16N6O3/c1-10(7(17)18)5-3-4-6(10)11-9(19)12-8-13-15-16(2)14-8/h6H,3-5H2,1-2H3,(H,17,18)(H2,11,12,14,19). The van der Waals surface area contributed by atoms with Crippen molar-refractivity contribution in [2.24, 2.45) is 12.5 Å². The smallest absolute Gasteiger partial charge is 0.321 e. The fourth-order valence-electron chi connectivity index (χ4n) is 2.28. The first-order chi connectivity index (χ1) is 8.91. The topological polar surface area (TPSA) is 122 Å². The molecule has 1 saturated carbocycles. The zero-order valence-corrected chi connectivity index (χ0v) is 10.8. The Bertz CT molecular complexity index is 501. The summed E-state index contributed by atoms with van der Waals surface area (Å²) in [5.41, 5.74) is -0.923. The Labute approximate surface area is 109 Å². The average Bonchev–Trinajstić information content (AvgIpc) is 2.87. The molecule has 1 aromatic heterocycles. The molecule has 1 fully saturated rings. The molecule has 3 N–H and O–H groups in total. The first kappa shape index (κ1) is 13.2. The van der Waals surface area contributed by atoms with E-state index in [1.807, 2.05) is 0 Å². The average molecular weight is 268 g/mol. The van der Waals surface area contributed by atoms with E-state index in [1.165, 1.54) is 4.80 Å². The van der Waals surface area contributed by atoms with E-state index in [0.29, 0.717) is 12.8 Å². The highest BCUT2D eigenvalue weighted by atomic mass is 16.4. The van der Waals surface area contributed by atoms with Gasteiger partial charge in [0.15, 0.2) is 0 Å². The van der Waals surface area contributed by atoms with Gasteiger partial charge in [0.05, 0.1) is 12.5 Å². The lowest BCUT2D eigenvalue weighted by Gasteiger charge is -2.27. The van der Waals surface area contributed by atoms with Gasteiger partial charge in [0.2, 0.25) is 0 Å². The predicted octanol–water partition coefficient (Wildman–Crippen LogP) is -0.0250. The van der Waals surface area contributed by atoms with Crippen LogP contribution in [0.1, 0.15) is 26.2 Å². The normalized spacial score (nSPS) is 26.1. The van der Waals surface area contributed by atoms with Gasteiger partial charge in [-0.15, -0.1) is 5.10 Å². The van der Waals surface area contributed by atoms with Crippen LogP contribution in [-0.2, 0) is 11.8 Å². The molecular formula is C10H16N6O3. The molecule has 2 unspecified atom stereocenters. The van der Waals surface area contributed by atoms with Gasteiger partial charge < -0.3 is 10.4 Å². The van der Waals surface area contributed by atoms with Crippen LogP contribution >= 0.6 is 0 Å². The number of urea groups is 1. The van der Waals surface area contributed by atoms with Gasteiger partial charge in [-0.1, -0.05) is 11.5 Å². The number of aryl methyl sites for hydroxylation is 1. The maximum Gasteiger partial charge on any atom is 0.321 e. The van der Waals surface area contributed by atoms with Crippen molar-refractivity contribution in [3.63, 3.8) is 0 Å². The number of hydrogen-bond acceptors (Lipinski definition) is 5. The van der Waals surface area contributed by atoms with E-state index in [-0.39, 0.29) is 5.95 Å². The fraction of sp³-hybridized carbons (Fsp3) is 0.700. The van der Waals surface area contributed by atoms with Crippen LogP contribution in [0.2, 0.25) is 0 Å². The lowest BCUT2D eigenvalue weighted by atomic mass is 9.85. The highest BCUT2D eigenvalue weighted by Gasteiger charge is 2.45. The Morgan fingerprint density at radius 1 is 1.53 bits per heavy atom. The largest absolute Gasteiger partial charge is 0.481 e. The van der Waals surface area contributed by atoms with Gasteiger partial charge in [0.1, 0.15) is 0 Å². The Morgan fingerprint density at radius 3 is 2.84 bits per heavy atom. The summed E-state index contributed by atoms with van der Waals surface area (Å²) in [6.07, 6.45) is 1.97. The molecule has 9 heteroatoms. The van der Waals surface area contributed by atoms with Crippen molar-refractivity contribution in [2.45, 2.75) is 32.2 Å². The van der Waals surface area contributed by atoms with Crippen molar-refractivity contribution in [3.8, 4) is 0 Å². The Kier molecular flexibility index (Phi) is 3.36. The molecule has 1 heterocycles. The van der Waals surface area contributed by atoms with Crippen LogP contribution in [0.5, 0.6) is 0 Å². The van der Waals surface area contributed by atoms with E-state index < -0.39 is 23.5 Å². The lowest BCUT2D eigenvalue weighted by Crippen LogP contribution is -2.48. The molecule has 2 rings (SSSR count). The van der Waals surface area contributed by atoms with Gasteiger partial charge in [-0.25, -0.2) is 4.79 Å². The third-order valence-corrected chi connectivity index (χ3v) is 3.49. The first-order valence-electron chi connectivity index (χ1n) is 5.97. The minimum absolute atomic E-state index is 0.0787. The number of anilines is 1. The zero-order valence-electron chi connectivity index (χ0n) is 10.8. The van der Waals surface area contributed by atoms with Gasteiger partial charge in [-0.3, -0.25) is 10.1 Å². The van der Waals surface area contributed by atoms with Crippen molar-refractivity contribution >= 4 is 17.9 Å². The SMILES string of the molecule is Cn1nnc(NC(=O)NC2CCCC2(C)C(=O)O)n1. The summed E-state index contributed by atoms with van der Waals surface area (Å²) in [5.74, 6) is -0.817. The Hall–Kier alpha value is -2.19. The van der Waals surface area contributed by atoms with E-state index in [2.05, 4.69) is 26.0 Å². The van der Waals surface area contributed by atoms with E-state index in [4.69, 9.17) is 0 Å². The van der Waals surface area contributed by atoms with E-state index >= 15 is 0 Å². The van der Waals surface area contributed by atoms with Gasteiger partial charge in [-0.2, -0.15) is 4.80 Å². The molecule has 1 aromatic rings. The number of aliphatic carboxylic acids is 1. The molecule has 9 nitrogen and oxygen atoms in total. The molecule has 0 aliphatic heterocycles. The third-order valence-electron chi connectivity index (χ3n) is 3.49. The molecule has 0 saturated heterocycles. The van der Waals surface area contributed by atoms with Gasteiger partial charge in [0.25, 0.3) is 5.95 Å². The van der Waals surface area contributed by atoms with E-state index in [9.17, 15) is 14.7 Å². The number of tetrazole rings is 1. The van der Waals surface area contributed by atoms with Crippen molar-refractivity contribution in [1.29, 1.82) is 0 Å². The number of carbonyl (C=O) groups is 2. The summed E-state index contributed by atoms with van der Waals surface area (Å²) in [6, 6.07) is -0.922. The summed E-state index contributed by atoms with van der Waals surface area (Å²) >= 11 is 0. The minimum Gasteiger partial charge on any atom is -0.481 e. The number of nitrogens with one attached hydrogen (secondary N) is 2. The fourth-order valence-corrected chi connectivity index (χ4v) is 2.28. The lowest BCUT2D eigenvalue weighted by molar-refractivity contribution is -0.148. The molecular weight excluding hydrogens is 252 g/mol. The molecule has 0 bridgehead atoms. The summed E-state index contributed by atoms with van der Waals surface area (Å²) in [6.45, 7) is 1.65. The monoisotopic (exact) mass is 268 g/mol. The number of nitrogens with zero attached hydrogens (tertiary/aromatic N) is 4. The summed E-state index contributed by atoms with van der Waals surface area (Å²) in [4.78, 5) is 24.2. The first-order valence-corrected chi connectivity index (χ1v) is 5.97. The number of carbonyl (C=O) groups excluding carboxylic acids is 1. The Balaban J connectivity index is 1.97. The molecule has 1 aliphatic rings. The molecule has 0 radical (unpaired) electrons. The van der Waals surface area contributed by atoms with Gasteiger partial charge >= 0.3 is 12.0 Å². The van der Waals surface area contributed by atoms with Crippen LogP contribution in [0.4, 0.5) is 10.7 Å². The molecule has 2 atom stereocenters. The zero-order chi connectivity index (χ0) is 14.0. The molecule has 0 aromatic carbocycles. The van der Waals surface area contributed by atoms with Crippen LogP contribution in [0.3, 0.4) is 0 Å². The number of aromatic nitrogens is 4. The predicted molar refractivity (Wildman–Crippen MR) is 64.3 cm³/mol. The summed E-state index contributed by atoms with van der Waals surface area (Å²) in [7, 11) is 1.58. The number of hydrogen-bond donors (Lipinski definition) is 3. The van der Waals surface area contributed by atoms with E-state index in [0.717, 1.165) is 6.42 Å². The number of amides is 2. The number of carboxylic acids is 1. The Morgan fingerprint density at radius 2 is 2.26 bits per heavy atom. The molecule has 19 heavy (non-hydrogen) atoms. The molecule has 2 amide bonds. The number of carboxylic acid groups (broad SMARTS) is 1. The molecule has 104 valence electrons. The highest BCUT2D eigenvalue weighted by molar-refractivity contribution is 5.88. The summed E-state index contributed by atoms with van der Waals surface area (Å²) in [5, 5.41) is 25.3. The highest BCUT2D eigenvalue weighted by Crippen LogP contribution is 2.38. The maximum absolute atomic E-state index is 11.8. The second kappa shape index (κ2) is 4.82. The number of rotatable bonds is 3. The second-order valence-electron chi connectivity index (χ2n) is 4.87. The van der Waals surface area contributed by atoms with Crippen LogP contribution in [-0.4, -0.2) is 43.4 Å². The maximum atomic E-state index is 11.8. The van der Waals surface area contributed by atoms with Crippen molar-refractivity contribution < 1.29 is 14.7 Å². The van der Waals surface area contributed by atoms with Crippen LogP contribution in [0.15, 0.2) is 0 Å². The van der Waals surface area contributed by atoms with Crippen molar-refractivity contribution in [3.05, 3.63) is 0 Å². The van der Waals surface area contributed by atoms with Crippen molar-refractivity contribution in [2.75, 3.05) is 5.32 Å². The quantitative estimate of drug-likeness (QED) is 0.707. The minimum atomic E-state index is -0.923. The van der Waals surface area contributed by atoms with Gasteiger partial charge in [-0.05, 0) is 25.0 Å². The van der Waals surface area contributed by atoms with Crippen LogP contribution in [0, 0.1) is 5.41 Å². The van der Waals surface area contributed by atoms with Crippen molar-refractivity contribution in [1.82, 2.24) is 25.5 Å².